The molecule has 190 valence electrons. The molecule has 13 heteroatoms. The minimum absolute atomic E-state index is 0.0321. The van der Waals surface area contributed by atoms with Crippen molar-refractivity contribution >= 4 is 44.2 Å². The number of aromatic amines is 1. The van der Waals surface area contributed by atoms with E-state index in [-0.39, 0.29) is 30.8 Å². The van der Waals surface area contributed by atoms with E-state index in [0.717, 1.165) is 5.69 Å². The minimum Gasteiger partial charge on any atom is -0.462 e. The Morgan fingerprint density at radius 2 is 2.19 bits per heavy atom. The smallest absolute Gasteiger partial charge is 0.350 e. The summed E-state index contributed by atoms with van der Waals surface area (Å²) < 4.78 is 13.2. The first-order valence-electron chi connectivity index (χ1n) is 11.4. The van der Waals surface area contributed by atoms with Crippen molar-refractivity contribution in [2.75, 3.05) is 31.7 Å². The van der Waals surface area contributed by atoms with Crippen LogP contribution in [0.15, 0.2) is 10.8 Å². The number of nitrogens with zero attached hydrogens (tertiary/aromatic N) is 6. The van der Waals surface area contributed by atoms with Crippen molar-refractivity contribution in [2.45, 2.75) is 32.8 Å². The monoisotopic (exact) mass is 575 g/mol. The molecule has 3 aromatic rings. The van der Waals surface area contributed by atoms with Gasteiger partial charge in [0.05, 0.1) is 22.7 Å². The number of ketones is 1. The second kappa shape index (κ2) is 10.9. The van der Waals surface area contributed by atoms with Crippen molar-refractivity contribution in [3.05, 3.63) is 32.6 Å². The van der Waals surface area contributed by atoms with Gasteiger partial charge in [0, 0.05) is 39.4 Å². The molecule has 0 aromatic carbocycles. The fourth-order valence-corrected chi connectivity index (χ4v) is 5.71. The van der Waals surface area contributed by atoms with E-state index in [2.05, 4.69) is 42.0 Å². The number of nitriles is 1. The third-order valence-corrected chi connectivity index (χ3v) is 8.31. The van der Waals surface area contributed by atoms with E-state index in [1.807, 2.05) is 6.92 Å². The molecule has 36 heavy (non-hydrogen) atoms. The number of thiazole rings is 1. The summed E-state index contributed by atoms with van der Waals surface area (Å²) in [6.45, 7) is 4.95. The number of halogens is 1. The fourth-order valence-electron chi connectivity index (χ4n) is 4.34. The lowest BCUT2D eigenvalue weighted by molar-refractivity contribution is 0.0375. The van der Waals surface area contributed by atoms with Crippen molar-refractivity contribution in [3.63, 3.8) is 0 Å². The van der Waals surface area contributed by atoms with Crippen LogP contribution in [0.25, 0.3) is 11.5 Å². The summed E-state index contributed by atoms with van der Waals surface area (Å²) in [5, 5.41) is 14.2. The molecule has 11 nitrogen and oxygen atoms in total. The van der Waals surface area contributed by atoms with Crippen molar-refractivity contribution < 1.29 is 19.1 Å². The normalized spacial score (nSPS) is 17.7. The van der Waals surface area contributed by atoms with Crippen LogP contribution in [0.5, 0.6) is 0 Å². The Hall–Kier alpha value is -3.08. The Labute approximate surface area is 220 Å². The van der Waals surface area contributed by atoms with Gasteiger partial charge in [-0.25, -0.2) is 19.4 Å². The number of aromatic nitrogens is 5. The van der Waals surface area contributed by atoms with Gasteiger partial charge in [-0.1, -0.05) is 11.3 Å². The lowest BCUT2D eigenvalue weighted by atomic mass is 9.88. The van der Waals surface area contributed by atoms with Gasteiger partial charge in [-0.3, -0.25) is 4.79 Å². The van der Waals surface area contributed by atoms with Crippen LogP contribution in [0, 0.1) is 24.2 Å². The van der Waals surface area contributed by atoms with Crippen LogP contribution in [0.1, 0.15) is 51.2 Å². The molecule has 1 fully saturated rings. The van der Waals surface area contributed by atoms with Crippen molar-refractivity contribution in [2.24, 2.45) is 13.0 Å². The molecule has 4 rings (SSSR count). The summed E-state index contributed by atoms with van der Waals surface area (Å²) in [7, 11) is 3.36. The highest BCUT2D eigenvalue weighted by atomic mass is 79.9. The van der Waals surface area contributed by atoms with Gasteiger partial charge in [0.15, 0.2) is 16.7 Å². The number of hydrogen-bond donors (Lipinski definition) is 1. The van der Waals surface area contributed by atoms with Gasteiger partial charge in [-0.05, 0) is 42.1 Å². The van der Waals surface area contributed by atoms with Gasteiger partial charge in [0.2, 0.25) is 0 Å². The van der Waals surface area contributed by atoms with E-state index in [1.165, 1.54) is 17.7 Å². The molecule has 1 saturated heterocycles. The standard InChI is InChI=1S/C23H26BrN7O4S/c1-5-35-22(33)20-19(21-26-11-27-30(21)3)29-23(36-20)31-7-6-13(16(10-31)34-4)8-15(32)18-14(9-25)17(24)12(2)28-18/h11,13,16,28H,5-8,10H2,1-4H3/t13-,16-/m0/s1. The summed E-state index contributed by atoms with van der Waals surface area (Å²) in [4.78, 5) is 40.2. The minimum atomic E-state index is -0.455. The zero-order valence-electron chi connectivity index (χ0n) is 20.4. The molecule has 1 N–H and O–H groups in total. The number of methoxy groups -OCH3 is 1. The molecule has 0 bridgehead atoms. The van der Waals surface area contributed by atoms with Gasteiger partial charge in [0.1, 0.15) is 28.7 Å². The number of Topliss-reactive ketones (excluding diaryl/α,β-unsaturated/α-hetero) is 1. The number of carbonyl (C=O) groups excluding carboxylic acids is 2. The zero-order chi connectivity index (χ0) is 26.0. The first kappa shape index (κ1) is 26.0. The van der Waals surface area contributed by atoms with Crippen LogP contribution < -0.4 is 4.90 Å². The summed E-state index contributed by atoms with van der Waals surface area (Å²) in [6, 6.07) is 2.10. The van der Waals surface area contributed by atoms with Gasteiger partial charge >= 0.3 is 5.97 Å². The number of esters is 1. The van der Waals surface area contributed by atoms with Crippen LogP contribution in [0.2, 0.25) is 0 Å². The third-order valence-electron chi connectivity index (χ3n) is 6.22. The molecule has 0 spiro atoms. The average Bonchev–Trinajstić information content (AvgIpc) is 3.56. The Bertz CT molecular complexity index is 1320. The van der Waals surface area contributed by atoms with Crippen LogP contribution in [0.4, 0.5) is 5.13 Å². The predicted molar refractivity (Wildman–Crippen MR) is 136 cm³/mol. The number of carbonyl (C=O) groups is 2. The first-order valence-corrected chi connectivity index (χ1v) is 13.0. The number of anilines is 1. The average molecular weight is 576 g/mol. The molecular weight excluding hydrogens is 550 g/mol. The third kappa shape index (κ3) is 4.93. The number of hydrogen-bond acceptors (Lipinski definition) is 10. The lowest BCUT2D eigenvalue weighted by Gasteiger charge is -2.37. The molecular formula is C23H26BrN7O4S. The number of piperidine rings is 1. The molecule has 3 aromatic heterocycles. The largest absolute Gasteiger partial charge is 0.462 e. The molecule has 1 aliphatic heterocycles. The topological polar surface area (TPSA) is 139 Å². The SMILES string of the molecule is CCOC(=O)c1sc(N2CC[C@@H](CC(=O)c3[nH]c(C)c(Br)c3C#N)[C@@H](OC)C2)nc1-c1ncnn1C. The maximum atomic E-state index is 13.1. The predicted octanol–water partition coefficient (Wildman–Crippen LogP) is 3.50. The van der Waals surface area contributed by atoms with Crippen molar-refractivity contribution in [1.82, 2.24) is 24.7 Å². The summed E-state index contributed by atoms with van der Waals surface area (Å²) in [5.74, 6) is -0.131. The summed E-state index contributed by atoms with van der Waals surface area (Å²) >= 11 is 4.62. The van der Waals surface area contributed by atoms with E-state index in [0.29, 0.717) is 56.8 Å². The Morgan fingerprint density at radius 3 is 2.83 bits per heavy atom. The molecule has 0 amide bonds. The Balaban J connectivity index is 1.54. The van der Waals surface area contributed by atoms with E-state index >= 15 is 0 Å². The van der Waals surface area contributed by atoms with Gasteiger partial charge < -0.3 is 19.4 Å². The van der Waals surface area contributed by atoms with E-state index in [9.17, 15) is 14.9 Å². The number of H-pyrrole nitrogens is 1. The van der Waals surface area contributed by atoms with Gasteiger partial charge in [-0.2, -0.15) is 10.4 Å². The zero-order valence-corrected chi connectivity index (χ0v) is 22.8. The first-order chi connectivity index (χ1) is 17.3. The fraction of sp³-hybridized carbons (Fsp3) is 0.478. The van der Waals surface area contributed by atoms with Crippen molar-refractivity contribution in [3.8, 4) is 17.6 Å². The van der Waals surface area contributed by atoms with Crippen LogP contribution in [0.3, 0.4) is 0 Å². The van der Waals surface area contributed by atoms with Gasteiger partial charge in [0.25, 0.3) is 0 Å². The summed E-state index contributed by atoms with van der Waals surface area (Å²) in [6.07, 6.45) is 2.11. The lowest BCUT2D eigenvalue weighted by Crippen LogP contribution is -2.45. The van der Waals surface area contributed by atoms with Crippen molar-refractivity contribution in [1.29, 1.82) is 5.26 Å². The number of ether oxygens (including phenoxy) is 2. The maximum absolute atomic E-state index is 13.1. The van der Waals surface area contributed by atoms with E-state index in [1.54, 1.807) is 25.8 Å². The molecule has 4 heterocycles. The summed E-state index contributed by atoms with van der Waals surface area (Å²) in [5.41, 5.74) is 1.82. The Kier molecular flexibility index (Phi) is 7.87. The highest BCUT2D eigenvalue weighted by Crippen LogP contribution is 2.36. The van der Waals surface area contributed by atoms with Crippen LogP contribution in [-0.4, -0.2) is 69.4 Å². The quantitative estimate of drug-likeness (QED) is 0.315. The number of aryl methyl sites for hydroxylation is 2. The number of rotatable bonds is 8. The molecule has 0 aliphatic carbocycles. The molecule has 2 atom stereocenters. The molecule has 1 aliphatic rings. The van der Waals surface area contributed by atoms with Crippen LogP contribution >= 0.6 is 27.3 Å². The Morgan fingerprint density at radius 1 is 1.42 bits per heavy atom. The highest BCUT2D eigenvalue weighted by Gasteiger charge is 2.35. The second-order valence-corrected chi connectivity index (χ2v) is 10.2. The highest BCUT2D eigenvalue weighted by molar-refractivity contribution is 9.10. The van der Waals surface area contributed by atoms with E-state index in [4.69, 9.17) is 14.5 Å². The number of nitrogens with one attached hydrogen (secondary N) is 1. The van der Waals surface area contributed by atoms with E-state index < -0.39 is 5.97 Å². The molecule has 0 radical (unpaired) electrons. The molecule has 0 unspecified atom stereocenters. The van der Waals surface area contributed by atoms with Gasteiger partial charge in [-0.15, -0.1) is 0 Å². The van der Waals surface area contributed by atoms with Crippen LogP contribution in [-0.2, 0) is 16.5 Å². The maximum Gasteiger partial charge on any atom is 0.350 e. The second-order valence-electron chi connectivity index (χ2n) is 8.42. The molecule has 0 saturated carbocycles.